The Hall–Kier alpha value is -1.34. The molecule has 7 nitrogen and oxygen atoms in total. The largest absolute Gasteiger partial charge is 0.369 e. The number of rotatable bonds is 10. The molecule has 0 saturated carbocycles. The molecule has 0 aromatic carbocycles. The summed E-state index contributed by atoms with van der Waals surface area (Å²) in [4.78, 5) is 21.1. The van der Waals surface area contributed by atoms with Crippen LogP contribution in [-0.2, 0) is 4.79 Å². The Balaban J connectivity index is 1.62. The van der Waals surface area contributed by atoms with Crippen molar-refractivity contribution < 1.29 is 4.79 Å². The van der Waals surface area contributed by atoms with E-state index in [1.54, 1.807) is 0 Å². The van der Waals surface area contributed by atoms with E-state index in [0.717, 1.165) is 77.0 Å². The Bertz CT molecular complexity index is 484. The number of guanidine groups is 1. The molecule has 0 aliphatic carbocycles. The number of amides is 1. The van der Waals surface area contributed by atoms with Gasteiger partial charge in [-0.1, -0.05) is 6.42 Å². The van der Waals surface area contributed by atoms with Crippen molar-refractivity contribution >= 4 is 11.9 Å². The van der Waals surface area contributed by atoms with Crippen molar-refractivity contribution in [2.24, 2.45) is 16.6 Å². The number of hydrogen-bond acceptors (Lipinski definition) is 4. The van der Waals surface area contributed by atoms with Gasteiger partial charge in [-0.25, -0.2) is 0 Å². The highest BCUT2D eigenvalue weighted by Gasteiger charge is 2.23. The molecule has 1 amide bonds. The minimum atomic E-state index is -0.153. The lowest BCUT2D eigenvalue weighted by atomic mass is 9.97. The molecule has 2 saturated heterocycles. The van der Waals surface area contributed by atoms with Gasteiger partial charge < -0.3 is 26.2 Å². The van der Waals surface area contributed by atoms with Gasteiger partial charge in [0.1, 0.15) is 0 Å². The van der Waals surface area contributed by atoms with Crippen molar-refractivity contribution in [2.75, 3.05) is 52.4 Å². The first-order valence-electron chi connectivity index (χ1n) is 11.4. The molecule has 4 N–H and O–H groups in total. The summed E-state index contributed by atoms with van der Waals surface area (Å²) in [5, 5.41) is 6.81. The average molecular weight is 395 g/mol. The topological polar surface area (TPSA) is 86.0 Å². The summed E-state index contributed by atoms with van der Waals surface area (Å²) in [5.41, 5.74) is 5.46. The van der Waals surface area contributed by atoms with E-state index in [9.17, 15) is 4.79 Å². The van der Waals surface area contributed by atoms with Gasteiger partial charge in [0.05, 0.1) is 5.92 Å². The third kappa shape index (κ3) is 8.35. The summed E-state index contributed by atoms with van der Waals surface area (Å²) in [6.45, 7) is 12.4. The van der Waals surface area contributed by atoms with Gasteiger partial charge in [0.15, 0.2) is 5.96 Å². The van der Waals surface area contributed by atoms with Crippen LogP contribution in [-0.4, -0.2) is 80.1 Å². The quantitative estimate of drug-likeness (QED) is 0.296. The van der Waals surface area contributed by atoms with Gasteiger partial charge in [0.2, 0.25) is 5.91 Å². The number of carbonyl (C=O) groups is 1. The fourth-order valence-electron chi connectivity index (χ4n) is 4.30. The molecular weight excluding hydrogens is 352 g/mol. The first-order valence-corrected chi connectivity index (χ1v) is 11.4. The van der Waals surface area contributed by atoms with Crippen molar-refractivity contribution in [2.45, 2.75) is 64.8 Å². The van der Waals surface area contributed by atoms with Gasteiger partial charge in [-0.3, -0.25) is 9.79 Å². The molecule has 2 rings (SSSR count). The normalized spacial score (nSPS) is 24.9. The molecular formula is C21H42N6O. The molecule has 28 heavy (non-hydrogen) atoms. The lowest BCUT2D eigenvalue weighted by molar-refractivity contribution is -0.123. The second-order valence-corrected chi connectivity index (χ2v) is 8.32. The fourth-order valence-corrected chi connectivity index (χ4v) is 4.30. The number of piperidine rings is 2. The molecule has 0 radical (unpaired) electrons. The van der Waals surface area contributed by atoms with Crippen LogP contribution in [0, 0.1) is 5.92 Å². The first-order chi connectivity index (χ1) is 13.6. The summed E-state index contributed by atoms with van der Waals surface area (Å²) in [5.74, 6) is 0.794. The van der Waals surface area contributed by atoms with Crippen LogP contribution in [0.5, 0.6) is 0 Å². The van der Waals surface area contributed by atoms with Crippen LogP contribution >= 0.6 is 0 Å². The third-order valence-corrected chi connectivity index (χ3v) is 6.01. The van der Waals surface area contributed by atoms with Crippen LogP contribution in [0.2, 0.25) is 0 Å². The third-order valence-electron chi connectivity index (χ3n) is 6.01. The molecule has 2 aliphatic heterocycles. The van der Waals surface area contributed by atoms with Crippen LogP contribution in [0.1, 0.15) is 58.8 Å². The molecule has 2 atom stereocenters. The van der Waals surface area contributed by atoms with Gasteiger partial charge in [-0.15, -0.1) is 0 Å². The van der Waals surface area contributed by atoms with E-state index < -0.39 is 0 Å². The van der Waals surface area contributed by atoms with Crippen molar-refractivity contribution in [3.8, 4) is 0 Å². The monoisotopic (exact) mass is 394 g/mol. The number of nitrogens with zero attached hydrogens (tertiary/aromatic N) is 3. The standard InChI is InChI=1S/C21H42N6O/c1-3-23-21(25-12-8-16-27-15-5-4-9-18(27)2)24-11-7-14-26-13-6-10-19(17-26)20(22)28/h18-19H,3-17H2,1-2H3,(H2,22,28)(H2,23,24,25). The Kier molecular flexibility index (Phi) is 10.6. The predicted molar refractivity (Wildman–Crippen MR) is 116 cm³/mol. The lowest BCUT2D eigenvalue weighted by Crippen LogP contribution is -2.42. The van der Waals surface area contributed by atoms with Gasteiger partial charge in [0, 0.05) is 38.8 Å². The van der Waals surface area contributed by atoms with Gasteiger partial charge >= 0.3 is 0 Å². The van der Waals surface area contributed by atoms with Crippen molar-refractivity contribution in [3.63, 3.8) is 0 Å². The maximum absolute atomic E-state index is 11.4. The molecule has 2 aliphatic rings. The Labute approximate surface area is 171 Å². The smallest absolute Gasteiger partial charge is 0.221 e. The molecule has 0 spiro atoms. The molecule has 2 heterocycles. The zero-order valence-corrected chi connectivity index (χ0v) is 18.1. The summed E-state index contributed by atoms with van der Waals surface area (Å²) >= 11 is 0. The second kappa shape index (κ2) is 13.0. The fraction of sp³-hybridized carbons (Fsp3) is 0.905. The minimum absolute atomic E-state index is 0.0267. The summed E-state index contributed by atoms with van der Waals surface area (Å²) in [6, 6.07) is 0.736. The van der Waals surface area contributed by atoms with Crippen LogP contribution in [0.25, 0.3) is 0 Å². The summed E-state index contributed by atoms with van der Waals surface area (Å²) in [7, 11) is 0. The number of nitrogens with two attached hydrogens (primary N) is 1. The molecule has 2 unspecified atom stereocenters. The molecule has 0 aromatic rings. The van der Waals surface area contributed by atoms with E-state index in [0.29, 0.717) is 0 Å². The maximum Gasteiger partial charge on any atom is 0.221 e. The van der Waals surface area contributed by atoms with Crippen molar-refractivity contribution in [1.29, 1.82) is 0 Å². The molecule has 0 bridgehead atoms. The molecule has 0 aromatic heterocycles. The van der Waals surface area contributed by atoms with E-state index in [-0.39, 0.29) is 11.8 Å². The Morgan fingerprint density at radius 3 is 2.71 bits per heavy atom. The Morgan fingerprint density at radius 1 is 1.11 bits per heavy atom. The average Bonchev–Trinajstić information content (AvgIpc) is 2.69. The van der Waals surface area contributed by atoms with E-state index in [2.05, 4.69) is 34.3 Å². The van der Waals surface area contributed by atoms with Crippen molar-refractivity contribution in [1.82, 2.24) is 20.4 Å². The van der Waals surface area contributed by atoms with E-state index in [1.165, 1.54) is 32.4 Å². The number of primary amides is 1. The van der Waals surface area contributed by atoms with Crippen molar-refractivity contribution in [3.05, 3.63) is 0 Å². The highest BCUT2D eigenvalue weighted by molar-refractivity contribution is 5.79. The second-order valence-electron chi connectivity index (χ2n) is 8.32. The van der Waals surface area contributed by atoms with Gasteiger partial charge in [0.25, 0.3) is 0 Å². The van der Waals surface area contributed by atoms with Gasteiger partial charge in [-0.05, 0) is 72.0 Å². The summed E-state index contributed by atoms with van der Waals surface area (Å²) < 4.78 is 0. The minimum Gasteiger partial charge on any atom is -0.369 e. The predicted octanol–water partition coefficient (Wildman–Crippen LogP) is 1.39. The number of likely N-dealkylation sites (tertiary alicyclic amines) is 2. The molecule has 7 heteroatoms. The van der Waals surface area contributed by atoms with E-state index in [4.69, 9.17) is 10.7 Å². The highest BCUT2D eigenvalue weighted by atomic mass is 16.1. The molecule has 2 fully saturated rings. The number of aliphatic imine (C=N–C) groups is 1. The number of nitrogens with one attached hydrogen (secondary N) is 2. The lowest BCUT2D eigenvalue weighted by Gasteiger charge is -2.33. The number of carbonyl (C=O) groups excluding carboxylic acids is 1. The molecule has 162 valence electrons. The maximum atomic E-state index is 11.4. The van der Waals surface area contributed by atoms with E-state index in [1.807, 2.05) is 0 Å². The van der Waals surface area contributed by atoms with E-state index >= 15 is 0 Å². The summed E-state index contributed by atoms with van der Waals surface area (Å²) in [6.07, 6.45) is 8.23. The zero-order valence-electron chi connectivity index (χ0n) is 18.1. The van der Waals surface area contributed by atoms with Gasteiger partial charge in [-0.2, -0.15) is 0 Å². The highest BCUT2D eigenvalue weighted by Crippen LogP contribution is 2.16. The number of hydrogen-bond donors (Lipinski definition) is 3. The first kappa shape index (κ1) is 22.9. The van der Waals surface area contributed by atoms with Crippen LogP contribution < -0.4 is 16.4 Å². The Morgan fingerprint density at radius 2 is 1.96 bits per heavy atom. The van der Waals surface area contributed by atoms with Crippen LogP contribution in [0.4, 0.5) is 0 Å². The SMILES string of the molecule is CCNC(=NCCCN1CCCC(C(N)=O)C1)NCCCN1CCCCC1C. The zero-order chi connectivity index (χ0) is 20.2. The van der Waals surface area contributed by atoms with Crippen LogP contribution in [0.3, 0.4) is 0 Å². The van der Waals surface area contributed by atoms with Crippen LogP contribution in [0.15, 0.2) is 4.99 Å².